The molecule has 0 saturated carbocycles. The van der Waals surface area contributed by atoms with Crippen molar-refractivity contribution in [2.45, 2.75) is 38.3 Å². The number of hydrogen-bond donors (Lipinski definition) is 1. The standard InChI is InChI=1S/C13H17F3O/c14-13(15,16)12-8-5-7-11(10-12)6-3-1-2-4-9-17/h5,7-8,10,17H,1-4,6,9H2. The van der Waals surface area contributed by atoms with Crippen molar-refractivity contribution >= 4 is 0 Å². The van der Waals surface area contributed by atoms with E-state index in [1.165, 1.54) is 12.1 Å². The molecule has 4 heteroatoms. The van der Waals surface area contributed by atoms with Crippen molar-refractivity contribution in [3.63, 3.8) is 0 Å². The summed E-state index contributed by atoms with van der Waals surface area (Å²) in [6.45, 7) is 0.184. The highest BCUT2D eigenvalue weighted by Gasteiger charge is 2.30. The highest BCUT2D eigenvalue weighted by molar-refractivity contribution is 5.25. The Morgan fingerprint density at radius 3 is 2.35 bits per heavy atom. The largest absolute Gasteiger partial charge is 0.416 e. The van der Waals surface area contributed by atoms with Gasteiger partial charge in [-0.1, -0.05) is 31.0 Å². The molecular formula is C13H17F3O. The molecule has 0 spiro atoms. The Labute approximate surface area is 99.3 Å². The van der Waals surface area contributed by atoms with Crippen LogP contribution in [0.25, 0.3) is 0 Å². The molecule has 0 aromatic heterocycles. The Kier molecular flexibility index (Phi) is 5.48. The third kappa shape index (κ3) is 5.22. The first-order valence-corrected chi connectivity index (χ1v) is 5.81. The average molecular weight is 246 g/mol. The summed E-state index contributed by atoms with van der Waals surface area (Å²) in [4.78, 5) is 0. The molecule has 0 aliphatic rings. The van der Waals surface area contributed by atoms with Crippen LogP contribution < -0.4 is 0 Å². The monoisotopic (exact) mass is 246 g/mol. The summed E-state index contributed by atoms with van der Waals surface area (Å²) in [5.41, 5.74) is 0.147. The van der Waals surface area contributed by atoms with Crippen LogP contribution in [0.2, 0.25) is 0 Å². The predicted molar refractivity (Wildman–Crippen MR) is 60.7 cm³/mol. The molecule has 1 rings (SSSR count). The van der Waals surface area contributed by atoms with E-state index in [1.54, 1.807) is 6.07 Å². The normalized spacial score (nSPS) is 11.8. The number of aryl methyl sites for hydroxylation is 1. The second-order valence-electron chi connectivity index (χ2n) is 4.09. The Morgan fingerprint density at radius 1 is 1.00 bits per heavy atom. The summed E-state index contributed by atoms with van der Waals surface area (Å²) in [6, 6.07) is 5.48. The van der Waals surface area contributed by atoms with E-state index in [4.69, 9.17) is 5.11 Å². The summed E-state index contributed by atoms with van der Waals surface area (Å²) in [7, 11) is 0. The van der Waals surface area contributed by atoms with Crippen molar-refractivity contribution in [1.82, 2.24) is 0 Å². The van der Waals surface area contributed by atoms with Crippen LogP contribution >= 0.6 is 0 Å². The zero-order chi connectivity index (χ0) is 12.7. The second kappa shape index (κ2) is 6.64. The molecule has 0 unspecified atom stereocenters. The second-order valence-corrected chi connectivity index (χ2v) is 4.09. The maximum absolute atomic E-state index is 12.4. The molecule has 17 heavy (non-hydrogen) atoms. The van der Waals surface area contributed by atoms with Gasteiger partial charge >= 0.3 is 6.18 Å². The number of halogens is 3. The smallest absolute Gasteiger partial charge is 0.396 e. The molecule has 1 nitrogen and oxygen atoms in total. The van der Waals surface area contributed by atoms with E-state index in [0.717, 1.165) is 37.3 Å². The van der Waals surface area contributed by atoms with Gasteiger partial charge in [-0.15, -0.1) is 0 Å². The SMILES string of the molecule is OCCCCCCc1cccc(C(F)(F)F)c1. The first kappa shape index (κ1) is 14.0. The average Bonchev–Trinajstić information content (AvgIpc) is 2.28. The van der Waals surface area contributed by atoms with Crippen LogP contribution in [0.4, 0.5) is 13.2 Å². The summed E-state index contributed by atoms with van der Waals surface area (Å²) in [5, 5.41) is 8.58. The molecule has 96 valence electrons. The van der Waals surface area contributed by atoms with Gasteiger partial charge in [0.15, 0.2) is 0 Å². The minimum absolute atomic E-state index is 0.184. The lowest BCUT2D eigenvalue weighted by Gasteiger charge is -2.08. The highest BCUT2D eigenvalue weighted by Crippen LogP contribution is 2.29. The molecule has 0 atom stereocenters. The Morgan fingerprint density at radius 2 is 1.71 bits per heavy atom. The molecule has 1 aromatic carbocycles. The van der Waals surface area contributed by atoms with E-state index in [0.29, 0.717) is 6.42 Å². The Hall–Kier alpha value is -1.03. The molecule has 0 amide bonds. The van der Waals surface area contributed by atoms with Gasteiger partial charge in [-0.25, -0.2) is 0 Å². The lowest BCUT2D eigenvalue weighted by atomic mass is 10.0. The van der Waals surface area contributed by atoms with E-state index >= 15 is 0 Å². The van der Waals surface area contributed by atoms with Gasteiger partial charge in [0, 0.05) is 6.61 Å². The van der Waals surface area contributed by atoms with E-state index in [2.05, 4.69) is 0 Å². The van der Waals surface area contributed by atoms with Crippen molar-refractivity contribution in [2.24, 2.45) is 0 Å². The zero-order valence-electron chi connectivity index (χ0n) is 9.63. The van der Waals surface area contributed by atoms with Gasteiger partial charge in [0.2, 0.25) is 0 Å². The molecule has 1 aromatic rings. The number of hydrogen-bond acceptors (Lipinski definition) is 1. The van der Waals surface area contributed by atoms with Crippen LogP contribution in [-0.2, 0) is 12.6 Å². The van der Waals surface area contributed by atoms with E-state index in [1.807, 2.05) is 0 Å². The van der Waals surface area contributed by atoms with Crippen molar-refractivity contribution < 1.29 is 18.3 Å². The van der Waals surface area contributed by atoms with Crippen LogP contribution in [-0.4, -0.2) is 11.7 Å². The van der Waals surface area contributed by atoms with Gasteiger partial charge in [-0.05, 0) is 30.9 Å². The summed E-state index contributed by atoms with van der Waals surface area (Å²) in [6.07, 6.45) is -0.0988. The number of unbranched alkanes of at least 4 members (excludes halogenated alkanes) is 3. The first-order chi connectivity index (χ1) is 8.04. The minimum Gasteiger partial charge on any atom is -0.396 e. The van der Waals surface area contributed by atoms with Gasteiger partial charge in [-0.3, -0.25) is 0 Å². The van der Waals surface area contributed by atoms with Crippen LogP contribution in [0, 0.1) is 0 Å². The van der Waals surface area contributed by atoms with Crippen molar-refractivity contribution in [3.8, 4) is 0 Å². The van der Waals surface area contributed by atoms with E-state index in [-0.39, 0.29) is 6.61 Å². The summed E-state index contributed by atoms with van der Waals surface area (Å²) < 4.78 is 37.3. The summed E-state index contributed by atoms with van der Waals surface area (Å²) in [5.74, 6) is 0. The lowest BCUT2D eigenvalue weighted by Crippen LogP contribution is -2.05. The topological polar surface area (TPSA) is 20.2 Å². The predicted octanol–water partition coefficient (Wildman–Crippen LogP) is 3.80. The first-order valence-electron chi connectivity index (χ1n) is 5.81. The lowest BCUT2D eigenvalue weighted by molar-refractivity contribution is -0.137. The maximum atomic E-state index is 12.4. The van der Waals surface area contributed by atoms with E-state index < -0.39 is 11.7 Å². The van der Waals surface area contributed by atoms with Crippen LogP contribution in [0.3, 0.4) is 0 Å². The van der Waals surface area contributed by atoms with Crippen LogP contribution in [0.1, 0.15) is 36.8 Å². The van der Waals surface area contributed by atoms with Gasteiger partial charge in [0.05, 0.1) is 5.56 Å². The Balaban J connectivity index is 2.44. The fraction of sp³-hybridized carbons (Fsp3) is 0.538. The maximum Gasteiger partial charge on any atom is 0.416 e. The molecule has 0 saturated heterocycles. The molecular weight excluding hydrogens is 229 g/mol. The molecule has 1 N–H and O–H groups in total. The van der Waals surface area contributed by atoms with Crippen molar-refractivity contribution in [1.29, 1.82) is 0 Å². The van der Waals surface area contributed by atoms with Crippen molar-refractivity contribution in [2.75, 3.05) is 6.61 Å². The molecule has 0 bridgehead atoms. The number of alkyl halides is 3. The zero-order valence-corrected chi connectivity index (χ0v) is 9.63. The molecule has 0 aliphatic heterocycles. The molecule has 0 heterocycles. The van der Waals surface area contributed by atoms with Gasteiger partial charge in [-0.2, -0.15) is 13.2 Å². The fourth-order valence-corrected chi connectivity index (χ4v) is 1.70. The van der Waals surface area contributed by atoms with Gasteiger partial charge < -0.3 is 5.11 Å². The van der Waals surface area contributed by atoms with Crippen LogP contribution in [0.15, 0.2) is 24.3 Å². The molecule has 0 aliphatic carbocycles. The quantitative estimate of drug-likeness (QED) is 0.757. The van der Waals surface area contributed by atoms with Gasteiger partial charge in [0.1, 0.15) is 0 Å². The highest BCUT2D eigenvalue weighted by atomic mass is 19.4. The fourth-order valence-electron chi connectivity index (χ4n) is 1.70. The molecule has 0 fully saturated rings. The number of benzene rings is 1. The number of rotatable bonds is 6. The third-order valence-corrected chi connectivity index (χ3v) is 2.63. The van der Waals surface area contributed by atoms with E-state index in [9.17, 15) is 13.2 Å². The number of aliphatic hydroxyl groups is 1. The van der Waals surface area contributed by atoms with Crippen molar-refractivity contribution in [3.05, 3.63) is 35.4 Å². The Bertz CT molecular complexity index is 334. The van der Waals surface area contributed by atoms with Crippen LogP contribution in [0.5, 0.6) is 0 Å². The van der Waals surface area contributed by atoms with Gasteiger partial charge in [0.25, 0.3) is 0 Å². The third-order valence-electron chi connectivity index (χ3n) is 2.63. The molecule has 0 radical (unpaired) electrons. The number of aliphatic hydroxyl groups excluding tert-OH is 1. The minimum atomic E-state index is -4.26. The summed E-state index contributed by atoms with van der Waals surface area (Å²) >= 11 is 0.